The van der Waals surface area contributed by atoms with Crippen LogP contribution in [0, 0.1) is 11.3 Å². The molecule has 1 saturated carbocycles. The number of hydrogen-bond donors (Lipinski definition) is 1. The highest BCUT2D eigenvalue weighted by atomic mass is 16.4. The summed E-state index contributed by atoms with van der Waals surface area (Å²) in [6.07, 6.45) is 4.58. The number of amides is 1. The van der Waals surface area contributed by atoms with Crippen LogP contribution in [0.2, 0.25) is 0 Å². The molecule has 2 unspecified atom stereocenters. The number of aliphatic carboxylic acids is 1. The molecule has 26 heavy (non-hydrogen) atoms. The number of hydrogen-bond acceptors (Lipinski definition) is 5. The maximum atomic E-state index is 13.1. The van der Waals surface area contributed by atoms with Gasteiger partial charge in [-0.25, -0.2) is 4.98 Å². The molecule has 1 aromatic heterocycles. The third kappa shape index (κ3) is 3.16. The van der Waals surface area contributed by atoms with Crippen LogP contribution in [0.25, 0.3) is 0 Å². The van der Waals surface area contributed by atoms with E-state index in [0.29, 0.717) is 19.5 Å². The van der Waals surface area contributed by atoms with Gasteiger partial charge in [-0.1, -0.05) is 6.07 Å². The molecule has 2 atom stereocenters. The lowest BCUT2D eigenvalue weighted by atomic mass is 9.80. The Kier molecular flexibility index (Phi) is 4.34. The van der Waals surface area contributed by atoms with Crippen molar-refractivity contribution in [2.75, 3.05) is 44.7 Å². The van der Waals surface area contributed by atoms with E-state index in [4.69, 9.17) is 0 Å². The van der Waals surface area contributed by atoms with Gasteiger partial charge in [0.25, 0.3) is 0 Å². The molecule has 4 rings (SSSR count). The maximum absolute atomic E-state index is 13.1. The summed E-state index contributed by atoms with van der Waals surface area (Å²) in [6, 6.07) is 5.28. The largest absolute Gasteiger partial charge is 0.481 e. The van der Waals surface area contributed by atoms with Gasteiger partial charge >= 0.3 is 5.97 Å². The standard InChI is InChI=1S/C19H26N4O3/c1-21-13-19(5-6-19)12-14(18(25)26)16(21)17(24)23-10-8-22(9-11-23)15-4-2-3-7-20-15/h2-4,7,14,16H,5-6,8-13H2,1H3,(H,25,26). The van der Waals surface area contributed by atoms with Crippen molar-refractivity contribution in [3.63, 3.8) is 0 Å². The van der Waals surface area contributed by atoms with Gasteiger partial charge in [-0.3, -0.25) is 14.5 Å². The molecule has 7 nitrogen and oxygen atoms in total. The normalized spacial score (nSPS) is 28.2. The molecular formula is C19H26N4O3. The van der Waals surface area contributed by atoms with E-state index in [1.165, 1.54) is 0 Å². The first-order chi connectivity index (χ1) is 12.5. The molecule has 1 aromatic rings. The van der Waals surface area contributed by atoms with E-state index < -0.39 is 17.9 Å². The van der Waals surface area contributed by atoms with Crippen LogP contribution in [0.15, 0.2) is 24.4 Å². The third-order valence-corrected chi connectivity index (χ3v) is 6.19. The molecule has 1 spiro atoms. The van der Waals surface area contributed by atoms with Gasteiger partial charge in [0, 0.05) is 38.9 Å². The van der Waals surface area contributed by atoms with Crippen molar-refractivity contribution in [2.45, 2.75) is 25.3 Å². The molecule has 3 aliphatic rings. The number of carbonyl (C=O) groups excluding carboxylic acids is 1. The van der Waals surface area contributed by atoms with Gasteiger partial charge in [0.2, 0.25) is 5.91 Å². The lowest BCUT2D eigenvalue weighted by molar-refractivity contribution is -0.156. The Bertz CT molecular complexity index is 683. The van der Waals surface area contributed by atoms with Gasteiger partial charge in [0.05, 0.1) is 5.92 Å². The van der Waals surface area contributed by atoms with Gasteiger partial charge in [0.1, 0.15) is 11.9 Å². The van der Waals surface area contributed by atoms with Gasteiger partial charge in [-0.15, -0.1) is 0 Å². The first kappa shape index (κ1) is 17.3. The Hall–Kier alpha value is -2.15. The molecule has 0 aromatic carbocycles. The van der Waals surface area contributed by atoms with Crippen molar-refractivity contribution in [3.8, 4) is 0 Å². The average Bonchev–Trinajstić information content (AvgIpc) is 3.40. The summed E-state index contributed by atoms with van der Waals surface area (Å²) < 4.78 is 0. The second-order valence-corrected chi connectivity index (χ2v) is 8.01. The van der Waals surface area contributed by atoms with Crippen molar-refractivity contribution >= 4 is 17.7 Å². The van der Waals surface area contributed by atoms with Crippen LogP contribution in [0.1, 0.15) is 19.3 Å². The monoisotopic (exact) mass is 358 g/mol. The molecule has 7 heteroatoms. The van der Waals surface area contributed by atoms with Crippen LogP contribution >= 0.6 is 0 Å². The fourth-order valence-corrected chi connectivity index (χ4v) is 4.58. The number of nitrogens with zero attached hydrogens (tertiary/aromatic N) is 4. The second kappa shape index (κ2) is 6.54. The molecule has 3 heterocycles. The number of rotatable bonds is 3. The predicted octanol–water partition coefficient (Wildman–Crippen LogP) is 0.915. The van der Waals surface area contributed by atoms with Gasteiger partial charge in [-0.2, -0.15) is 0 Å². The van der Waals surface area contributed by atoms with Crippen molar-refractivity contribution in [3.05, 3.63) is 24.4 Å². The molecule has 140 valence electrons. The van der Waals surface area contributed by atoms with Crippen LogP contribution < -0.4 is 4.90 Å². The van der Waals surface area contributed by atoms with Crippen LogP contribution in [0.4, 0.5) is 5.82 Å². The van der Waals surface area contributed by atoms with Crippen LogP contribution in [0.5, 0.6) is 0 Å². The second-order valence-electron chi connectivity index (χ2n) is 8.01. The molecule has 3 fully saturated rings. The Morgan fingerprint density at radius 3 is 2.50 bits per heavy atom. The van der Waals surface area contributed by atoms with E-state index in [1.54, 1.807) is 6.20 Å². The van der Waals surface area contributed by atoms with Crippen LogP contribution in [-0.4, -0.2) is 77.6 Å². The SMILES string of the molecule is CN1CC2(CC2)CC(C(=O)O)C1C(=O)N1CCN(c2ccccn2)CC1. The summed E-state index contributed by atoms with van der Waals surface area (Å²) in [5, 5.41) is 9.71. The lowest BCUT2D eigenvalue weighted by Crippen LogP contribution is -2.60. The minimum Gasteiger partial charge on any atom is -0.481 e. The third-order valence-electron chi connectivity index (χ3n) is 6.19. The van der Waals surface area contributed by atoms with Crippen molar-refractivity contribution in [2.24, 2.45) is 11.3 Å². The molecule has 1 N–H and O–H groups in total. The molecule has 2 saturated heterocycles. The summed E-state index contributed by atoms with van der Waals surface area (Å²) in [5.41, 5.74) is 0.145. The van der Waals surface area contributed by atoms with E-state index in [1.807, 2.05) is 35.0 Å². The first-order valence-electron chi connectivity index (χ1n) is 9.37. The van der Waals surface area contributed by atoms with E-state index in [0.717, 1.165) is 38.3 Å². The Morgan fingerprint density at radius 2 is 1.92 bits per heavy atom. The summed E-state index contributed by atoms with van der Waals surface area (Å²) in [6.45, 7) is 3.50. The highest BCUT2D eigenvalue weighted by Crippen LogP contribution is 2.54. The number of pyridine rings is 1. The predicted molar refractivity (Wildman–Crippen MR) is 96.9 cm³/mol. The average molecular weight is 358 g/mol. The minimum absolute atomic E-state index is 0.0314. The number of carboxylic acid groups (broad SMARTS) is 1. The van der Waals surface area contributed by atoms with Gasteiger partial charge < -0.3 is 14.9 Å². The van der Waals surface area contributed by atoms with Gasteiger partial charge in [-0.05, 0) is 43.9 Å². The highest BCUT2D eigenvalue weighted by molar-refractivity contribution is 5.88. The highest BCUT2D eigenvalue weighted by Gasteiger charge is 2.55. The van der Waals surface area contributed by atoms with Crippen molar-refractivity contribution in [1.82, 2.24) is 14.8 Å². The number of aromatic nitrogens is 1. The topological polar surface area (TPSA) is 77.0 Å². The first-order valence-corrected chi connectivity index (χ1v) is 9.37. The zero-order valence-corrected chi connectivity index (χ0v) is 15.2. The van der Waals surface area contributed by atoms with E-state index in [9.17, 15) is 14.7 Å². The number of likely N-dealkylation sites (tertiary alicyclic amines) is 1. The van der Waals surface area contributed by atoms with Crippen LogP contribution in [-0.2, 0) is 9.59 Å². The molecule has 2 aliphatic heterocycles. The zero-order chi connectivity index (χ0) is 18.3. The zero-order valence-electron chi connectivity index (χ0n) is 15.2. The lowest BCUT2D eigenvalue weighted by Gasteiger charge is -2.44. The fraction of sp³-hybridized carbons (Fsp3) is 0.632. The molecule has 1 amide bonds. The van der Waals surface area contributed by atoms with Crippen LogP contribution in [0.3, 0.4) is 0 Å². The maximum Gasteiger partial charge on any atom is 0.308 e. The number of piperidine rings is 1. The summed E-state index contributed by atoms with van der Waals surface area (Å²) in [7, 11) is 1.90. The minimum atomic E-state index is -0.840. The molecule has 0 radical (unpaired) electrons. The Labute approximate surface area is 153 Å². The molecule has 0 bridgehead atoms. The number of carboxylic acids is 1. The molecular weight excluding hydrogens is 332 g/mol. The smallest absolute Gasteiger partial charge is 0.308 e. The quantitative estimate of drug-likeness (QED) is 0.866. The molecule has 1 aliphatic carbocycles. The Morgan fingerprint density at radius 1 is 1.19 bits per heavy atom. The number of likely N-dealkylation sites (N-methyl/N-ethyl adjacent to an activating group) is 1. The van der Waals surface area contributed by atoms with Crippen molar-refractivity contribution < 1.29 is 14.7 Å². The summed E-state index contributed by atoms with van der Waals surface area (Å²) >= 11 is 0. The number of piperazine rings is 1. The summed E-state index contributed by atoms with van der Waals surface area (Å²) in [5.74, 6) is -0.546. The van der Waals surface area contributed by atoms with Crippen molar-refractivity contribution in [1.29, 1.82) is 0 Å². The van der Waals surface area contributed by atoms with E-state index in [2.05, 4.69) is 9.88 Å². The fourth-order valence-electron chi connectivity index (χ4n) is 4.58. The Balaban J connectivity index is 1.43. The summed E-state index contributed by atoms with van der Waals surface area (Å²) in [4.78, 5) is 35.3. The number of anilines is 1. The van der Waals surface area contributed by atoms with Gasteiger partial charge in [0.15, 0.2) is 0 Å². The number of carbonyl (C=O) groups is 2. The van der Waals surface area contributed by atoms with E-state index in [-0.39, 0.29) is 11.3 Å². The van der Waals surface area contributed by atoms with E-state index >= 15 is 0 Å².